The Balaban J connectivity index is 1.22. The molecule has 1 saturated heterocycles. The van der Waals surface area contributed by atoms with Gasteiger partial charge in [-0.05, 0) is 60.7 Å². The number of hydrogen-bond donors (Lipinski definition) is 4. The van der Waals surface area contributed by atoms with Crippen molar-refractivity contribution in [3.05, 3.63) is 101 Å². The molecule has 2 amide bonds. The standard InChI is InChI=1S/C31H26F3N5O3/c32-31(33,34)26-8-2-7-24(28(26)39-12-14-42-15-13-39)29(40)37-21-5-1-4-20(16-21)36-22-9-10-23-25(17-19-6-3-11-35-19)30(41)38-27(23)18-22/h1-11,16-18,35-36H,12-15H2,(H,37,40)(H,38,41). The van der Waals surface area contributed by atoms with Crippen molar-refractivity contribution < 1.29 is 27.5 Å². The van der Waals surface area contributed by atoms with E-state index in [-0.39, 0.29) is 43.5 Å². The average molecular weight is 574 g/mol. The molecule has 2 aliphatic rings. The van der Waals surface area contributed by atoms with Crippen LogP contribution in [-0.4, -0.2) is 43.1 Å². The first-order valence-electron chi connectivity index (χ1n) is 13.3. The van der Waals surface area contributed by atoms with Gasteiger partial charge in [0.2, 0.25) is 0 Å². The van der Waals surface area contributed by atoms with Crippen LogP contribution < -0.4 is 20.9 Å². The predicted molar refractivity (Wildman–Crippen MR) is 156 cm³/mol. The number of alkyl halides is 3. The van der Waals surface area contributed by atoms with E-state index in [4.69, 9.17) is 4.74 Å². The van der Waals surface area contributed by atoms with Crippen molar-refractivity contribution in [2.75, 3.05) is 47.2 Å². The zero-order valence-corrected chi connectivity index (χ0v) is 22.2. The van der Waals surface area contributed by atoms with Gasteiger partial charge in [-0.1, -0.05) is 18.2 Å². The summed E-state index contributed by atoms with van der Waals surface area (Å²) in [6.07, 6.45) is -1.05. The lowest BCUT2D eigenvalue weighted by Crippen LogP contribution is -2.38. The lowest BCUT2D eigenvalue weighted by molar-refractivity contribution is -0.137. The second kappa shape index (κ2) is 11.1. The summed E-state index contributed by atoms with van der Waals surface area (Å²) in [5.41, 5.74) is 3.47. The maximum absolute atomic E-state index is 13.9. The van der Waals surface area contributed by atoms with E-state index in [1.54, 1.807) is 41.4 Å². The minimum absolute atomic E-state index is 0.0670. The van der Waals surface area contributed by atoms with Crippen molar-refractivity contribution >= 4 is 51.9 Å². The second-order valence-electron chi connectivity index (χ2n) is 9.86. The minimum Gasteiger partial charge on any atom is -0.378 e. The Bertz CT molecular complexity index is 1680. The van der Waals surface area contributed by atoms with Crippen LogP contribution in [0.5, 0.6) is 0 Å². The lowest BCUT2D eigenvalue weighted by atomic mass is 10.0. The van der Waals surface area contributed by atoms with Gasteiger partial charge in [-0.2, -0.15) is 13.2 Å². The molecule has 0 saturated carbocycles. The molecule has 0 unspecified atom stereocenters. The number of aromatic amines is 1. The molecule has 0 radical (unpaired) electrons. The highest BCUT2D eigenvalue weighted by Gasteiger charge is 2.37. The first-order valence-corrected chi connectivity index (χ1v) is 13.3. The van der Waals surface area contributed by atoms with Gasteiger partial charge >= 0.3 is 6.18 Å². The number of benzene rings is 3. The van der Waals surface area contributed by atoms with Crippen LogP contribution in [0.1, 0.15) is 27.2 Å². The molecule has 6 rings (SSSR count). The topological polar surface area (TPSA) is 98.5 Å². The van der Waals surface area contributed by atoms with Crippen molar-refractivity contribution in [2.45, 2.75) is 6.18 Å². The summed E-state index contributed by atoms with van der Waals surface area (Å²) in [4.78, 5) is 30.5. The number of para-hydroxylation sites is 1. The Morgan fingerprint density at radius 2 is 1.69 bits per heavy atom. The molecule has 8 nitrogen and oxygen atoms in total. The van der Waals surface area contributed by atoms with Gasteiger partial charge in [0, 0.05) is 47.6 Å². The molecule has 214 valence electrons. The highest BCUT2D eigenvalue weighted by molar-refractivity contribution is 6.35. The number of carbonyl (C=O) groups is 2. The third kappa shape index (κ3) is 5.59. The lowest BCUT2D eigenvalue weighted by Gasteiger charge is -2.32. The van der Waals surface area contributed by atoms with Gasteiger partial charge in [-0.15, -0.1) is 0 Å². The van der Waals surface area contributed by atoms with Crippen molar-refractivity contribution in [2.24, 2.45) is 0 Å². The number of aromatic nitrogens is 1. The summed E-state index contributed by atoms with van der Waals surface area (Å²) in [6, 6.07) is 19.7. The van der Waals surface area contributed by atoms with E-state index < -0.39 is 17.6 Å². The van der Waals surface area contributed by atoms with Gasteiger partial charge < -0.3 is 30.6 Å². The Morgan fingerprint density at radius 1 is 0.929 bits per heavy atom. The molecular weight excluding hydrogens is 547 g/mol. The number of carbonyl (C=O) groups excluding carboxylic acids is 2. The maximum Gasteiger partial charge on any atom is 0.418 e. The van der Waals surface area contributed by atoms with Gasteiger partial charge in [0.05, 0.1) is 41.3 Å². The molecule has 0 aliphatic carbocycles. The van der Waals surface area contributed by atoms with E-state index in [9.17, 15) is 22.8 Å². The number of rotatable bonds is 6. The summed E-state index contributed by atoms with van der Waals surface area (Å²) in [6.45, 7) is 1.05. The summed E-state index contributed by atoms with van der Waals surface area (Å²) in [5, 5.41) is 8.88. The van der Waals surface area contributed by atoms with Crippen LogP contribution in [0.25, 0.3) is 11.6 Å². The number of morpholine rings is 1. The van der Waals surface area contributed by atoms with Crippen LogP contribution in [0.2, 0.25) is 0 Å². The molecule has 0 atom stereocenters. The predicted octanol–water partition coefficient (Wildman–Crippen LogP) is 6.36. The second-order valence-corrected chi connectivity index (χ2v) is 9.86. The van der Waals surface area contributed by atoms with Crippen molar-refractivity contribution in [1.82, 2.24) is 4.98 Å². The summed E-state index contributed by atoms with van der Waals surface area (Å²) in [5.74, 6) is -0.853. The molecule has 2 aliphatic heterocycles. The van der Waals surface area contributed by atoms with Gasteiger partial charge in [-0.25, -0.2) is 0 Å². The van der Waals surface area contributed by atoms with Crippen molar-refractivity contribution in [3.63, 3.8) is 0 Å². The van der Waals surface area contributed by atoms with Crippen LogP contribution in [0.3, 0.4) is 0 Å². The maximum atomic E-state index is 13.9. The SMILES string of the molecule is O=C1Nc2cc(Nc3cccc(NC(=O)c4cccc(C(F)(F)F)c4N4CCOCC4)c3)ccc2C1=Cc1ccc[nH]1. The number of nitrogens with one attached hydrogen (secondary N) is 4. The first kappa shape index (κ1) is 27.2. The fourth-order valence-corrected chi connectivity index (χ4v) is 5.13. The number of hydrogen-bond acceptors (Lipinski definition) is 5. The number of anilines is 5. The van der Waals surface area contributed by atoms with E-state index in [1.807, 2.05) is 30.3 Å². The number of fused-ring (bicyclic) bond motifs is 1. The van der Waals surface area contributed by atoms with Crippen molar-refractivity contribution in [3.8, 4) is 0 Å². The highest BCUT2D eigenvalue weighted by atomic mass is 19.4. The van der Waals surface area contributed by atoms with Gasteiger partial charge in [0.25, 0.3) is 11.8 Å². The van der Waals surface area contributed by atoms with Crippen LogP contribution in [0.15, 0.2) is 79.0 Å². The molecule has 1 aromatic heterocycles. The van der Waals surface area contributed by atoms with E-state index in [2.05, 4.69) is 20.9 Å². The zero-order chi connectivity index (χ0) is 29.3. The Kier molecular flexibility index (Phi) is 7.17. The van der Waals surface area contributed by atoms with Gasteiger partial charge in [0.15, 0.2) is 0 Å². The summed E-state index contributed by atoms with van der Waals surface area (Å²) < 4.78 is 47.1. The molecule has 4 aromatic rings. The third-order valence-electron chi connectivity index (χ3n) is 7.05. The Labute approximate surface area is 239 Å². The van der Waals surface area contributed by atoms with Crippen LogP contribution in [-0.2, 0) is 15.7 Å². The van der Waals surface area contributed by atoms with Crippen LogP contribution in [0.4, 0.5) is 41.6 Å². The monoisotopic (exact) mass is 573 g/mol. The normalized spacial score (nSPS) is 15.8. The Morgan fingerprint density at radius 3 is 2.45 bits per heavy atom. The number of amides is 2. The molecular formula is C31H26F3N5O3. The smallest absolute Gasteiger partial charge is 0.378 e. The molecule has 3 heterocycles. The van der Waals surface area contributed by atoms with Gasteiger partial charge in [0.1, 0.15) is 0 Å². The Hall–Kier alpha value is -5.03. The summed E-state index contributed by atoms with van der Waals surface area (Å²) in [7, 11) is 0. The first-order chi connectivity index (χ1) is 20.3. The number of halogens is 3. The van der Waals surface area contributed by atoms with E-state index in [0.717, 1.165) is 17.3 Å². The molecule has 1 fully saturated rings. The zero-order valence-electron chi connectivity index (χ0n) is 22.2. The van der Waals surface area contributed by atoms with Crippen LogP contribution in [0, 0.1) is 0 Å². The molecule has 0 spiro atoms. The largest absolute Gasteiger partial charge is 0.418 e. The average Bonchev–Trinajstić information content (AvgIpc) is 3.60. The number of H-pyrrole nitrogens is 1. The van der Waals surface area contributed by atoms with Crippen LogP contribution >= 0.6 is 0 Å². The van der Waals surface area contributed by atoms with Crippen molar-refractivity contribution in [1.29, 1.82) is 0 Å². The highest BCUT2D eigenvalue weighted by Crippen LogP contribution is 2.40. The van der Waals surface area contributed by atoms with E-state index >= 15 is 0 Å². The van der Waals surface area contributed by atoms with Gasteiger partial charge in [-0.3, -0.25) is 9.59 Å². The fourth-order valence-electron chi connectivity index (χ4n) is 5.13. The summed E-state index contributed by atoms with van der Waals surface area (Å²) >= 11 is 0. The molecule has 0 bridgehead atoms. The van der Waals surface area contributed by atoms with E-state index in [0.29, 0.717) is 28.3 Å². The van der Waals surface area contributed by atoms with E-state index in [1.165, 1.54) is 12.1 Å². The number of ether oxygens (including phenoxy) is 1. The molecule has 3 aromatic carbocycles. The minimum atomic E-state index is -4.62. The number of nitrogens with zero attached hydrogens (tertiary/aromatic N) is 1. The molecule has 11 heteroatoms. The molecule has 42 heavy (non-hydrogen) atoms. The fraction of sp³-hybridized carbons (Fsp3) is 0.161. The molecule has 4 N–H and O–H groups in total. The quantitative estimate of drug-likeness (QED) is 0.201. The third-order valence-corrected chi connectivity index (χ3v) is 7.05.